The third kappa shape index (κ3) is 5.15. The summed E-state index contributed by atoms with van der Waals surface area (Å²) in [7, 11) is 1.51. The van der Waals surface area contributed by atoms with Crippen molar-refractivity contribution in [3.8, 4) is 5.75 Å². The highest BCUT2D eigenvalue weighted by atomic mass is 16.6. The molecule has 29 heavy (non-hydrogen) atoms. The second-order valence-corrected chi connectivity index (χ2v) is 7.69. The smallest absolute Gasteiger partial charge is 0.339 e. The molecule has 0 spiro atoms. The van der Waals surface area contributed by atoms with Gasteiger partial charge in [-0.05, 0) is 46.8 Å². The van der Waals surface area contributed by atoms with Gasteiger partial charge in [0.05, 0.1) is 19.3 Å². The molecule has 1 fully saturated rings. The van der Waals surface area contributed by atoms with Crippen LogP contribution in [-0.2, 0) is 4.74 Å². The number of rotatable bonds is 6. The fraction of sp³-hybridized carbons (Fsp3) is 0.435. The van der Waals surface area contributed by atoms with Gasteiger partial charge in [-0.15, -0.1) is 0 Å². The first kappa shape index (κ1) is 22.9. The molecule has 1 aromatic rings. The van der Waals surface area contributed by atoms with Crippen LogP contribution in [0.25, 0.3) is 6.08 Å². The molecule has 2 N–H and O–H groups in total. The molecule has 158 valence electrons. The van der Waals surface area contributed by atoms with E-state index in [0.717, 1.165) is 11.1 Å². The van der Waals surface area contributed by atoms with Crippen molar-refractivity contribution in [2.24, 2.45) is 0 Å². The second kappa shape index (κ2) is 8.95. The van der Waals surface area contributed by atoms with Crippen molar-refractivity contribution in [2.45, 2.75) is 58.0 Å². The molecule has 6 nitrogen and oxygen atoms in total. The average Bonchev–Trinajstić information content (AvgIpc) is 2.79. The van der Waals surface area contributed by atoms with E-state index in [9.17, 15) is 15.0 Å². The van der Waals surface area contributed by atoms with Gasteiger partial charge in [-0.1, -0.05) is 36.0 Å². The van der Waals surface area contributed by atoms with Crippen LogP contribution in [0.1, 0.15) is 39.0 Å². The molecule has 1 aliphatic heterocycles. The van der Waals surface area contributed by atoms with Crippen LogP contribution in [-0.4, -0.2) is 40.7 Å². The number of aliphatic hydroxyl groups excluding tert-OH is 1. The molecule has 0 radical (unpaired) electrons. The fourth-order valence-electron chi connectivity index (χ4n) is 3.38. The van der Waals surface area contributed by atoms with Gasteiger partial charge >= 0.3 is 5.63 Å². The van der Waals surface area contributed by atoms with Crippen LogP contribution in [0.3, 0.4) is 0 Å². The summed E-state index contributed by atoms with van der Waals surface area (Å²) in [6, 6.07) is 1.31. The first-order chi connectivity index (χ1) is 13.5. The van der Waals surface area contributed by atoms with Gasteiger partial charge in [-0.25, -0.2) is 4.79 Å². The van der Waals surface area contributed by atoms with Crippen molar-refractivity contribution in [1.82, 2.24) is 0 Å². The standard InChI is InChI=1S/C23H30O6/c1-15(14-22(4)21(25)23(5,26)17(3)29-22)11-9-7-8-10-12-18-16(2)19(27-6)13-20(24)28-18/h7-14,17,21,25-26H,1-6H3/b8-7+,11-9+,12-10+,15-14+/t17-,21?,22+,23+/m1/s1. The Bertz CT molecular complexity index is 902. The van der Waals surface area contributed by atoms with Crippen LogP contribution in [0.5, 0.6) is 5.75 Å². The van der Waals surface area contributed by atoms with Crippen LogP contribution in [0.15, 0.2) is 57.3 Å². The minimum absolute atomic E-state index is 0.445. The Hall–Kier alpha value is -2.41. The third-order valence-corrected chi connectivity index (χ3v) is 5.22. The van der Waals surface area contributed by atoms with E-state index in [0.29, 0.717) is 11.5 Å². The van der Waals surface area contributed by atoms with E-state index < -0.39 is 29.0 Å². The van der Waals surface area contributed by atoms with E-state index in [1.54, 1.807) is 39.0 Å². The van der Waals surface area contributed by atoms with Gasteiger partial charge in [0.15, 0.2) is 0 Å². The number of allylic oxidation sites excluding steroid dienone is 6. The Morgan fingerprint density at radius 1 is 1.24 bits per heavy atom. The lowest BCUT2D eigenvalue weighted by molar-refractivity contribution is -0.0579. The minimum Gasteiger partial charge on any atom is -0.496 e. The maximum absolute atomic E-state index is 11.5. The summed E-state index contributed by atoms with van der Waals surface area (Å²) in [6.07, 6.45) is 11.1. The first-order valence-electron chi connectivity index (χ1n) is 9.49. The molecule has 2 rings (SSSR count). The lowest BCUT2D eigenvalue weighted by Crippen LogP contribution is -2.47. The minimum atomic E-state index is -1.30. The van der Waals surface area contributed by atoms with Gasteiger partial charge in [0.25, 0.3) is 0 Å². The Morgan fingerprint density at radius 2 is 1.90 bits per heavy atom. The molecule has 0 bridgehead atoms. The topological polar surface area (TPSA) is 89.1 Å². The molecular weight excluding hydrogens is 372 g/mol. The average molecular weight is 402 g/mol. The number of methoxy groups -OCH3 is 1. The van der Waals surface area contributed by atoms with E-state index in [-0.39, 0.29) is 0 Å². The SMILES string of the molecule is COc1cc(=O)oc(/C=C/C=C/C=C/C(C)=C/[C@]2(C)O[C@H](C)[C@](C)(O)C2O)c1C. The lowest BCUT2D eigenvalue weighted by Gasteiger charge is -2.28. The van der Waals surface area contributed by atoms with Crippen LogP contribution < -0.4 is 10.4 Å². The Labute approximate surface area is 171 Å². The van der Waals surface area contributed by atoms with Crippen LogP contribution in [0, 0.1) is 6.92 Å². The molecule has 6 heteroatoms. The zero-order chi connectivity index (χ0) is 21.8. The van der Waals surface area contributed by atoms with Gasteiger partial charge in [0.2, 0.25) is 0 Å². The maximum atomic E-state index is 11.5. The zero-order valence-electron chi connectivity index (χ0n) is 17.8. The number of hydrogen-bond acceptors (Lipinski definition) is 6. The third-order valence-electron chi connectivity index (χ3n) is 5.22. The molecule has 0 aliphatic carbocycles. The highest BCUT2D eigenvalue weighted by Crippen LogP contribution is 2.39. The maximum Gasteiger partial charge on any atom is 0.339 e. The summed E-state index contributed by atoms with van der Waals surface area (Å²) in [5.74, 6) is 0.934. The molecule has 0 amide bonds. The largest absolute Gasteiger partial charge is 0.496 e. The van der Waals surface area contributed by atoms with Crippen LogP contribution >= 0.6 is 0 Å². The zero-order valence-corrected chi connectivity index (χ0v) is 17.8. The van der Waals surface area contributed by atoms with Crippen LogP contribution in [0.4, 0.5) is 0 Å². The Morgan fingerprint density at radius 3 is 2.48 bits per heavy atom. The van der Waals surface area contributed by atoms with Crippen molar-refractivity contribution < 1.29 is 24.1 Å². The molecule has 1 saturated heterocycles. The van der Waals surface area contributed by atoms with E-state index >= 15 is 0 Å². The van der Waals surface area contributed by atoms with Gasteiger partial charge in [0.1, 0.15) is 28.8 Å². The fourth-order valence-corrected chi connectivity index (χ4v) is 3.38. The number of ether oxygens (including phenoxy) is 2. The molecule has 2 heterocycles. The molecule has 1 aromatic heterocycles. The van der Waals surface area contributed by atoms with Gasteiger partial charge < -0.3 is 24.1 Å². The van der Waals surface area contributed by atoms with E-state index in [1.807, 2.05) is 38.2 Å². The monoisotopic (exact) mass is 402 g/mol. The summed E-state index contributed by atoms with van der Waals surface area (Å²) in [6.45, 7) is 8.79. The van der Waals surface area contributed by atoms with E-state index in [2.05, 4.69) is 0 Å². The first-order valence-corrected chi connectivity index (χ1v) is 9.49. The quantitative estimate of drug-likeness (QED) is 0.710. The van der Waals surface area contributed by atoms with Crippen LogP contribution in [0.2, 0.25) is 0 Å². The number of hydrogen-bond donors (Lipinski definition) is 2. The van der Waals surface area contributed by atoms with Gasteiger partial charge in [-0.2, -0.15) is 0 Å². The Balaban J connectivity index is 2.04. The summed E-state index contributed by atoms with van der Waals surface area (Å²) in [5, 5.41) is 20.8. The molecule has 0 saturated carbocycles. The van der Waals surface area contributed by atoms with Crippen molar-refractivity contribution in [3.63, 3.8) is 0 Å². The lowest BCUT2D eigenvalue weighted by atomic mass is 9.86. The second-order valence-electron chi connectivity index (χ2n) is 7.69. The highest BCUT2D eigenvalue weighted by Gasteiger charge is 2.55. The summed E-state index contributed by atoms with van der Waals surface area (Å²) in [5.41, 5.74) is -1.08. The van der Waals surface area contributed by atoms with Crippen molar-refractivity contribution in [3.05, 3.63) is 69.8 Å². The van der Waals surface area contributed by atoms with E-state index in [1.165, 1.54) is 13.2 Å². The Kier molecular flexibility index (Phi) is 7.06. The van der Waals surface area contributed by atoms with E-state index in [4.69, 9.17) is 13.9 Å². The van der Waals surface area contributed by atoms with Gasteiger partial charge in [0, 0.05) is 5.56 Å². The molecule has 0 aromatic carbocycles. The normalized spacial score (nSPS) is 30.8. The van der Waals surface area contributed by atoms with Crippen molar-refractivity contribution in [2.75, 3.05) is 7.11 Å². The summed E-state index contributed by atoms with van der Waals surface area (Å²) >= 11 is 0. The van der Waals surface area contributed by atoms with Gasteiger partial charge in [-0.3, -0.25) is 0 Å². The molecule has 1 aliphatic rings. The predicted octanol–water partition coefficient (Wildman–Crippen LogP) is 3.32. The van der Waals surface area contributed by atoms with Crippen molar-refractivity contribution >= 4 is 6.08 Å². The highest BCUT2D eigenvalue weighted by molar-refractivity contribution is 5.52. The predicted molar refractivity (Wildman–Crippen MR) is 113 cm³/mol. The summed E-state index contributed by atoms with van der Waals surface area (Å²) in [4.78, 5) is 11.5. The molecule has 1 unspecified atom stereocenters. The number of aliphatic hydroxyl groups is 2. The molecular formula is C23H30O6. The summed E-state index contributed by atoms with van der Waals surface area (Å²) < 4.78 is 16.1. The molecule has 4 atom stereocenters. The van der Waals surface area contributed by atoms with Crippen molar-refractivity contribution in [1.29, 1.82) is 0 Å².